The lowest BCUT2D eigenvalue weighted by molar-refractivity contribution is -0.133. The van der Waals surface area contributed by atoms with Crippen LogP contribution in [0.5, 0.6) is 23.0 Å². The summed E-state index contributed by atoms with van der Waals surface area (Å²) >= 11 is 0. The summed E-state index contributed by atoms with van der Waals surface area (Å²) < 4.78 is 22.5. The van der Waals surface area contributed by atoms with E-state index in [1.807, 2.05) is 17.0 Å². The molecule has 0 bridgehead atoms. The van der Waals surface area contributed by atoms with Crippen molar-refractivity contribution in [2.45, 2.75) is 51.1 Å². The number of carboxylic acid groups (broad SMARTS) is 1. The van der Waals surface area contributed by atoms with Gasteiger partial charge in [-0.25, -0.2) is 4.79 Å². The molecular weight excluding hydrogens is 536 g/mol. The summed E-state index contributed by atoms with van der Waals surface area (Å²) in [5.41, 5.74) is 4.78. The van der Waals surface area contributed by atoms with E-state index in [1.54, 1.807) is 28.4 Å². The monoisotopic (exact) mass is 578 g/mol. The molecule has 42 heavy (non-hydrogen) atoms. The topological polar surface area (TPSA) is 97.8 Å². The first kappa shape index (κ1) is 29.8. The molecule has 2 aromatic rings. The van der Waals surface area contributed by atoms with Crippen molar-refractivity contribution >= 4 is 11.9 Å². The van der Waals surface area contributed by atoms with Crippen LogP contribution in [0.15, 0.2) is 36.4 Å². The number of carbonyl (C=O) groups is 2. The van der Waals surface area contributed by atoms with Crippen molar-refractivity contribution < 1.29 is 33.6 Å². The van der Waals surface area contributed by atoms with Crippen molar-refractivity contribution in [2.75, 3.05) is 48.1 Å². The number of nitrogens with zero attached hydrogens (tertiary/aromatic N) is 2. The third kappa shape index (κ3) is 5.67. The fourth-order valence-electron chi connectivity index (χ4n) is 7.33. The van der Waals surface area contributed by atoms with Crippen LogP contribution < -0.4 is 18.9 Å². The molecule has 1 saturated heterocycles. The third-order valence-electron chi connectivity index (χ3n) is 9.48. The Balaban J connectivity index is 1.52. The minimum Gasteiger partial charge on any atom is -0.493 e. The summed E-state index contributed by atoms with van der Waals surface area (Å²) in [7, 11) is 6.60. The summed E-state index contributed by atoms with van der Waals surface area (Å²) in [5.74, 6) is 2.20. The van der Waals surface area contributed by atoms with Gasteiger partial charge < -0.3 is 29.0 Å². The highest BCUT2D eigenvalue weighted by molar-refractivity contribution is 5.94. The number of hydrogen-bond donors (Lipinski definition) is 1. The number of carbonyl (C=O) groups excluding carboxylic acids is 1. The number of benzene rings is 2. The van der Waals surface area contributed by atoms with Crippen molar-refractivity contribution in [1.29, 1.82) is 0 Å². The van der Waals surface area contributed by atoms with Crippen LogP contribution in [0.2, 0.25) is 0 Å². The Bertz CT molecular complexity index is 1360. The maximum Gasteiger partial charge on any atom is 0.328 e. The molecule has 1 fully saturated rings. The van der Waals surface area contributed by atoms with Crippen molar-refractivity contribution in [2.24, 2.45) is 11.8 Å². The first-order valence-corrected chi connectivity index (χ1v) is 14.8. The van der Waals surface area contributed by atoms with E-state index < -0.39 is 5.97 Å². The molecule has 4 unspecified atom stereocenters. The van der Waals surface area contributed by atoms with Crippen LogP contribution >= 0.6 is 0 Å². The highest BCUT2D eigenvalue weighted by atomic mass is 16.5. The van der Waals surface area contributed by atoms with Gasteiger partial charge in [0.15, 0.2) is 23.0 Å². The lowest BCUT2D eigenvalue weighted by Crippen LogP contribution is -2.47. The second kappa shape index (κ2) is 12.7. The lowest BCUT2D eigenvalue weighted by atomic mass is 9.72. The van der Waals surface area contributed by atoms with Gasteiger partial charge >= 0.3 is 5.97 Å². The fraction of sp³-hybridized carbons (Fsp3) is 0.515. The minimum atomic E-state index is -1.13. The summed E-state index contributed by atoms with van der Waals surface area (Å²) in [6.07, 6.45) is 6.53. The number of ether oxygens (including phenoxy) is 4. The van der Waals surface area contributed by atoms with Crippen molar-refractivity contribution in [3.05, 3.63) is 58.7 Å². The van der Waals surface area contributed by atoms with Gasteiger partial charge in [0.2, 0.25) is 5.91 Å². The van der Waals surface area contributed by atoms with Gasteiger partial charge in [0.05, 0.1) is 34.5 Å². The zero-order valence-electron chi connectivity index (χ0n) is 25.2. The molecule has 4 atom stereocenters. The zero-order chi connectivity index (χ0) is 30.0. The maximum absolute atomic E-state index is 13.4. The van der Waals surface area contributed by atoms with E-state index in [9.17, 15) is 14.7 Å². The number of methoxy groups -OCH3 is 4. The van der Waals surface area contributed by atoms with E-state index in [2.05, 4.69) is 24.0 Å². The first-order valence-electron chi connectivity index (χ1n) is 14.8. The van der Waals surface area contributed by atoms with E-state index in [0.29, 0.717) is 36.3 Å². The van der Waals surface area contributed by atoms with Gasteiger partial charge in [-0.05, 0) is 84.0 Å². The zero-order valence-corrected chi connectivity index (χ0v) is 25.2. The van der Waals surface area contributed by atoms with Gasteiger partial charge in [-0.2, -0.15) is 0 Å². The largest absolute Gasteiger partial charge is 0.493 e. The Morgan fingerprint density at radius 3 is 2.00 bits per heavy atom. The number of rotatable bonds is 9. The van der Waals surface area contributed by atoms with Crippen LogP contribution in [0.4, 0.5) is 0 Å². The molecule has 2 aromatic carbocycles. The van der Waals surface area contributed by atoms with Crippen LogP contribution in [0.1, 0.15) is 60.5 Å². The Hall–Kier alpha value is -3.72. The first-order chi connectivity index (χ1) is 20.3. The van der Waals surface area contributed by atoms with Gasteiger partial charge in [-0.3, -0.25) is 9.69 Å². The van der Waals surface area contributed by atoms with Crippen LogP contribution in [0.3, 0.4) is 0 Å². The molecule has 0 radical (unpaired) electrons. The summed E-state index contributed by atoms with van der Waals surface area (Å²) in [6, 6.07) is 8.34. The number of aliphatic carboxylic acids is 1. The highest BCUT2D eigenvalue weighted by Gasteiger charge is 2.42. The highest BCUT2D eigenvalue weighted by Crippen LogP contribution is 2.49. The summed E-state index contributed by atoms with van der Waals surface area (Å²) in [5, 5.41) is 9.19. The van der Waals surface area contributed by atoms with Gasteiger partial charge in [-0.15, -0.1) is 0 Å². The molecule has 1 amide bonds. The average molecular weight is 579 g/mol. The molecule has 0 aliphatic carbocycles. The van der Waals surface area contributed by atoms with E-state index in [0.717, 1.165) is 67.5 Å². The lowest BCUT2D eigenvalue weighted by Gasteiger charge is -2.49. The van der Waals surface area contributed by atoms with Crippen molar-refractivity contribution in [1.82, 2.24) is 9.80 Å². The molecule has 3 aliphatic rings. The van der Waals surface area contributed by atoms with Gasteiger partial charge in [0.25, 0.3) is 0 Å². The van der Waals surface area contributed by atoms with E-state index >= 15 is 0 Å². The smallest absolute Gasteiger partial charge is 0.328 e. The maximum atomic E-state index is 13.4. The number of carboxylic acids is 1. The molecule has 3 heterocycles. The quantitative estimate of drug-likeness (QED) is 0.423. The van der Waals surface area contributed by atoms with Crippen LogP contribution in [-0.4, -0.2) is 74.9 Å². The second-order valence-corrected chi connectivity index (χ2v) is 11.4. The third-order valence-corrected chi connectivity index (χ3v) is 9.48. The summed E-state index contributed by atoms with van der Waals surface area (Å²) in [6.45, 7) is 4.77. The van der Waals surface area contributed by atoms with Gasteiger partial charge in [0.1, 0.15) is 0 Å². The second-order valence-electron chi connectivity index (χ2n) is 11.4. The molecule has 0 saturated carbocycles. The molecule has 226 valence electrons. The van der Waals surface area contributed by atoms with Crippen LogP contribution in [-0.2, 0) is 22.4 Å². The molecule has 0 spiro atoms. The minimum absolute atomic E-state index is 0.210. The molecule has 0 aromatic heterocycles. The predicted octanol–water partition coefficient (Wildman–Crippen LogP) is 4.82. The number of fused-ring (bicyclic) bond motifs is 4. The Labute approximate surface area is 248 Å². The fourth-order valence-corrected chi connectivity index (χ4v) is 7.33. The van der Waals surface area contributed by atoms with E-state index in [1.165, 1.54) is 17.2 Å². The van der Waals surface area contributed by atoms with E-state index in [4.69, 9.17) is 18.9 Å². The molecule has 1 N–H and O–H groups in total. The number of amides is 1. The average Bonchev–Trinajstić information content (AvgIpc) is 3.01. The van der Waals surface area contributed by atoms with E-state index in [-0.39, 0.29) is 18.0 Å². The van der Waals surface area contributed by atoms with Gasteiger partial charge in [-0.1, -0.05) is 13.3 Å². The van der Waals surface area contributed by atoms with Crippen LogP contribution in [0, 0.1) is 11.8 Å². The number of piperidine rings is 1. The summed E-state index contributed by atoms with van der Waals surface area (Å²) in [4.78, 5) is 29.1. The number of hydrogen-bond acceptors (Lipinski definition) is 7. The van der Waals surface area contributed by atoms with Crippen molar-refractivity contribution in [3.8, 4) is 23.0 Å². The molecule has 3 aliphatic heterocycles. The molecule has 5 rings (SSSR count). The standard InChI is InChI=1S/C33H42N2O7/c1-6-20-19-34-11-9-21-15-28(39-2)30(41-4)17-24(21)26(34)13-23(20)14-27-25-18-31(42-5)29(40-3)16-22(25)10-12-35(27)32(36)7-8-33(37)38/h7-8,15-18,20,23,26-27H,6,9-14,19H2,1-5H3,(H,37,38)/b8-7-. The Kier molecular flexibility index (Phi) is 8.96. The molecule has 9 nitrogen and oxygen atoms in total. The predicted molar refractivity (Wildman–Crippen MR) is 159 cm³/mol. The Morgan fingerprint density at radius 2 is 1.40 bits per heavy atom. The Morgan fingerprint density at radius 1 is 0.833 bits per heavy atom. The van der Waals surface area contributed by atoms with Gasteiger partial charge in [0, 0.05) is 37.8 Å². The van der Waals surface area contributed by atoms with Crippen LogP contribution in [0.25, 0.3) is 0 Å². The normalized spacial score (nSPS) is 23.5. The molecular formula is C33H42N2O7. The SMILES string of the molecule is CCC1CN2CCc3cc(OC)c(OC)cc3C2CC1CC1c2cc(OC)c(OC)cc2CCN1C(=O)/C=C\C(=O)O. The molecule has 9 heteroatoms. The van der Waals surface area contributed by atoms with Crippen molar-refractivity contribution in [3.63, 3.8) is 0 Å².